The first-order valence-electron chi connectivity index (χ1n) is 6.89. The molecular formula is C16H20N2O2S. The zero-order chi connectivity index (χ0) is 15.5. The largest absolute Gasteiger partial charge is 0.378 e. The lowest BCUT2D eigenvalue weighted by Crippen LogP contribution is -2.13. The van der Waals surface area contributed by atoms with Gasteiger partial charge in [-0.1, -0.05) is 37.3 Å². The quantitative estimate of drug-likeness (QED) is 0.891. The summed E-state index contributed by atoms with van der Waals surface area (Å²) >= 11 is 0. The summed E-state index contributed by atoms with van der Waals surface area (Å²) in [6, 6.07) is 14.9. The molecule has 0 heterocycles. The topological polar surface area (TPSA) is 72.2 Å². The van der Waals surface area contributed by atoms with Gasteiger partial charge in [-0.3, -0.25) is 0 Å². The van der Waals surface area contributed by atoms with Gasteiger partial charge in [0.05, 0.1) is 4.90 Å². The Bertz CT molecular complexity index is 709. The molecule has 0 amide bonds. The predicted molar refractivity (Wildman–Crippen MR) is 85.7 cm³/mol. The predicted octanol–water partition coefficient (Wildman–Crippen LogP) is 3.07. The van der Waals surface area contributed by atoms with Crippen molar-refractivity contribution in [1.82, 2.24) is 0 Å². The van der Waals surface area contributed by atoms with Crippen LogP contribution < -0.4 is 10.5 Å². The Balaban J connectivity index is 2.19. The molecule has 0 spiro atoms. The van der Waals surface area contributed by atoms with E-state index in [2.05, 4.69) is 18.3 Å². The first kappa shape index (κ1) is 15.5. The van der Waals surface area contributed by atoms with Crippen LogP contribution in [0, 0.1) is 0 Å². The highest BCUT2D eigenvalue weighted by Gasteiger charge is 2.10. The van der Waals surface area contributed by atoms with E-state index in [0.717, 1.165) is 17.7 Å². The highest BCUT2D eigenvalue weighted by molar-refractivity contribution is 7.89. The second-order valence-corrected chi connectivity index (χ2v) is 6.55. The average molecular weight is 304 g/mol. The number of anilines is 1. The molecule has 2 aromatic carbocycles. The fraction of sp³-hybridized carbons (Fsp3) is 0.250. The number of hydrogen-bond donors (Lipinski definition) is 2. The summed E-state index contributed by atoms with van der Waals surface area (Å²) in [6.45, 7) is 4.16. The molecule has 0 aromatic heterocycles. The zero-order valence-corrected chi connectivity index (χ0v) is 13.0. The van der Waals surface area contributed by atoms with Crippen LogP contribution in [0.1, 0.15) is 31.0 Å². The van der Waals surface area contributed by atoms with Crippen molar-refractivity contribution in [2.45, 2.75) is 31.2 Å². The maximum Gasteiger partial charge on any atom is 0.238 e. The third kappa shape index (κ3) is 3.83. The first-order chi connectivity index (χ1) is 9.91. The van der Waals surface area contributed by atoms with Gasteiger partial charge in [-0.05, 0) is 42.7 Å². The second kappa shape index (κ2) is 6.28. The molecule has 4 nitrogen and oxygen atoms in total. The molecule has 2 aromatic rings. The first-order valence-corrected chi connectivity index (χ1v) is 8.43. The fourth-order valence-electron chi connectivity index (χ4n) is 2.23. The molecule has 0 aliphatic rings. The number of sulfonamides is 1. The van der Waals surface area contributed by atoms with Crippen molar-refractivity contribution < 1.29 is 8.42 Å². The van der Waals surface area contributed by atoms with E-state index in [-0.39, 0.29) is 10.9 Å². The fourth-order valence-corrected chi connectivity index (χ4v) is 2.75. The van der Waals surface area contributed by atoms with Crippen molar-refractivity contribution in [2.24, 2.45) is 5.14 Å². The van der Waals surface area contributed by atoms with E-state index in [1.807, 2.05) is 25.1 Å². The van der Waals surface area contributed by atoms with Gasteiger partial charge in [-0.15, -0.1) is 0 Å². The van der Waals surface area contributed by atoms with Crippen molar-refractivity contribution in [1.29, 1.82) is 0 Å². The molecular weight excluding hydrogens is 284 g/mol. The van der Waals surface area contributed by atoms with Crippen molar-refractivity contribution in [2.75, 3.05) is 5.32 Å². The number of rotatable bonds is 5. The number of benzene rings is 2. The van der Waals surface area contributed by atoms with Gasteiger partial charge in [0.2, 0.25) is 10.0 Å². The maximum absolute atomic E-state index is 11.3. The Labute approximate surface area is 126 Å². The number of nitrogens with one attached hydrogen (secondary N) is 1. The Morgan fingerprint density at radius 3 is 2.29 bits per heavy atom. The van der Waals surface area contributed by atoms with Crippen LogP contribution in [0.15, 0.2) is 53.4 Å². The summed E-state index contributed by atoms with van der Waals surface area (Å²) in [5, 5.41) is 8.56. The molecule has 0 aliphatic carbocycles. The third-order valence-electron chi connectivity index (χ3n) is 3.48. The standard InChI is InChI=1S/C16H20N2O2S/c1-3-13-6-4-5-7-16(13)18-12(2)14-8-10-15(11-9-14)21(17,19)20/h4-12,18H,3H2,1-2H3,(H2,17,19,20). The summed E-state index contributed by atoms with van der Waals surface area (Å²) in [4.78, 5) is 0.132. The van der Waals surface area contributed by atoms with Gasteiger partial charge < -0.3 is 5.32 Å². The van der Waals surface area contributed by atoms with Crippen LogP contribution in [-0.4, -0.2) is 8.42 Å². The molecule has 0 bridgehead atoms. The van der Waals surface area contributed by atoms with Crippen LogP contribution in [0.5, 0.6) is 0 Å². The van der Waals surface area contributed by atoms with Crippen molar-refractivity contribution in [3.05, 3.63) is 59.7 Å². The monoisotopic (exact) mass is 304 g/mol. The lowest BCUT2D eigenvalue weighted by molar-refractivity contribution is 0.597. The summed E-state index contributed by atoms with van der Waals surface area (Å²) in [5.41, 5.74) is 3.36. The maximum atomic E-state index is 11.3. The van der Waals surface area contributed by atoms with E-state index in [0.29, 0.717) is 0 Å². The molecule has 0 saturated carbocycles. The number of aryl methyl sites for hydroxylation is 1. The highest BCUT2D eigenvalue weighted by Crippen LogP contribution is 2.23. The van der Waals surface area contributed by atoms with Crippen LogP contribution in [0.25, 0.3) is 0 Å². The minimum absolute atomic E-state index is 0.0761. The SMILES string of the molecule is CCc1ccccc1NC(C)c1ccc(S(N)(=O)=O)cc1. The molecule has 5 heteroatoms. The lowest BCUT2D eigenvalue weighted by atomic mass is 10.1. The normalized spacial score (nSPS) is 12.9. The van der Waals surface area contributed by atoms with E-state index in [9.17, 15) is 8.42 Å². The second-order valence-electron chi connectivity index (χ2n) is 4.99. The van der Waals surface area contributed by atoms with E-state index in [1.54, 1.807) is 12.1 Å². The minimum Gasteiger partial charge on any atom is -0.378 e. The van der Waals surface area contributed by atoms with Gasteiger partial charge in [-0.2, -0.15) is 0 Å². The van der Waals surface area contributed by atoms with Crippen LogP contribution in [-0.2, 0) is 16.4 Å². The van der Waals surface area contributed by atoms with Gasteiger partial charge in [-0.25, -0.2) is 13.6 Å². The Kier molecular flexibility index (Phi) is 4.65. The van der Waals surface area contributed by atoms with E-state index >= 15 is 0 Å². The van der Waals surface area contributed by atoms with Crippen molar-refractivity contribution >= 4 is 15.7 Å². The number of hydrogen-bond acceptors (Lipinski definition) is 3. The Morgan fingerprint density at radius 2 is 1.71 bits per heavy atom. The molecule has 2 rings (SSSR count). The van der Waals surface area contributed by atoms with Crippen molar-refractivity contribution in [3.63, 3.8) is 0 Å². The molecule has 3 N–H and O–H groups in total. The van der Waals surface area contributed by atoms with Gasteiger partial charge in [0, 0.05) is 11.7 Å². The summed E-state index contributed by atoms with van der Waals surface area (Å²) in [5.74, 6) is 0. The molecule has 0 aliphatic heterocycles. The Hall–Kier alpha value is -1.85. The van der Waals surface area contributed by atoms with Crippen LogP contribution in [0.3, 0.4) is 0 Å². The highest BCUT2D eigenvalue weighted by atomic mass is 32.2. The van der Waals surface area contributed by atoms with Crippen LogP contribution in [0.4, 0.5) is 5.69 Å². The molecule has 0 saturated heterocycles. The number of primary sulfonamides is 1. The third-order valence-corrected chi connectivity index (χ3v) is 4.41. The molecule has 0 radical (unpaired) electrons. The smallest absolute Gasteiger partial charge is 0.238 e. The number of nitrogens with two attached hydrogens (primary N) is 1. The van der Waals surface area contributed by atoms with E-state index in [4.69, 9.17) is 5.14 Å². The Morgan fingerprint density at radius 1 is 1.10 bits per heavy atom. The molecule has 1 atom stereocenters. The van der Waals surface area contributed by atoms with Gasteiger partial charge in [0.15, 0.2) is 0 Å². The molecule has 1 unspecified atom stereocenters. The summed E-state index contributed by atoms with van der Waals surface area (Å²) in [6.07, 6.45) is 0.959. The minimum atomic E-state index is -3.64. The van der Waals surface area contributed by atoms with Crippen LogP contribution >= 0.6 is 0 Å². The van der Waals surface area contributed by atoms with Gasteiger partial charge in [0.25, 0.3) is 0 Å². The van der Waals surface area contributed by atoms with Gasteiger partial charge in [0.1, 0.15) is 0 Å². The molecule has 112 valence electrons. The van der Waals surface area contributed by atoms with E-state index in [1.165, 1.54) is 17.7 Å². The van der Waals surface area contributed by atoms with E-state index < -0.39 is 10.0 Å². The molecule has 0 fully saturated rings. The lowest BCUT2D eigenvalue weighted by Gasteiger charge is -2.18. The zero-order valence-electron chi connectivity index (χ0n) is 12.2. The average Bonchev–Trinajstić information content (AvgIpc) is 2.47. The summed E-state index contributed by atoms with van der Waals surface area (Å²) < 4.78 is 22.5. The van der Waals surface area contributed by atoms with Crippen LogP contribution in [0.2, 0.25) is 0 Å². The number of para-hydroxylation sites is 1. The molecule has 21 heavy (non-hydrogen) atoms. The van der Waals surface area contributed by atoms with Gasteiger partial charge >= 0.3 is 0 Å². The van der Waals surface area contributed by atoms with Crippen molar-refractivity contribution in [3.8, 4) is 0 Å². The summed E-state index contributed by atoms with van der Waals surface area (Å²) in [7, 11) is -3.64.